The lowest BCUT2D eigenvalue weighted by Crippen LogP contribution is -2.30. The number of hydrogen-bond donors (Lipinski definition) is 1. The maximum absolute atomic E-state index is 5.51. The summed E-state index contributed by atoms with van der Waals surface area (Å²) in [5, 5.41) is 3.63. The summed E-state index contributed by atoms with van der Waals surface area (Å²) in [4.78, 5) is 0. The molecule has 92 valence electrons. The van der Waals surface area contributed by atoms with Gasteiger partial charge in [0.1, 0.15) is 0 Å². The van der Waals surface area contributed by atoms with Crippen LogP contribution in [0.2, 0.25) is 0 Å². The molecular weight excluding hydrogens is 214 g/mol. The standard InChI is InChI=1S/C14H19NO2/c1-2-6-12(7-3-1)15-9-11-5-4-8-13-14(11)17-10-16-13/h4-5,8,12,15H,1-3,6-7,9-10H2. The minimum absolute atomic E-state index is 0.357. The van der Waals surface area contributed by atoms with Crippen molar-refractivity contribution in [3.63, 3.8) is 0 Å². The Morgan fingerprint density at radius 1 is 1.12 bits per heavy atom. The molecule has 1 aliphatic carbocycles. The molecule has 1 aliphatic heterocycles. The third-order valence-corrected chi connectivity index (χ3v) is 3.66. The zero-order valence-corrected chi connectivity index (χ0v) is 10.1. The largest absolute Gasteiger partial charge is 0.454 e. The summed E-state index contributed by atoms with van der Waals surface area (Å²) in [6, 6.07) is 6.79. The Labute approximate surface area is 102 Å². The summed E-state index contributed by atoms with van der Waals surface area (Å²) in [6.45, 7) is 1.24. The average molecular weight is 233 g/mol. The van der Waals surface area contributed by atoms with E-state index in [1.807, 2.05) is 12.1 Å². The fourth-order valence-corrected chi connectivity index (χ4v) is 2.69. The zero-order valence-electron chi connectivity index (χ0n) is 10.1. The van der Waals surface area contributed by atoms with E-state index >= 15 is 0 Å². The van der Waals surface area contributed by atoms with Crippen molar-refractivity contribution < 1.29 is 9.47 Å². The van der Waals surface area contributed by atoms with Gasteiger partial charge >= 0.3 is 0 Å². The van der Waals surface area contributed by atoms with Crippen molar-refractivity contribution >= 4 is 0 Å². The van der Waals surface area contributed by atoms with Gasteiger partial charge in [0, 0.05) is 18.2 Å². The van der Waals surface area contributed by atoms with Crippen LogP contribution in [0, 0.1) is 0 Å². The predicted octanol–water partition coefficient (Wildman–Crippen LogP) is 2.84. The number of nitrogens with one attached hydrogen (secondary N) is 1. The molecule has 3 heteroatoms. The molecule has 3 rings (SSSR count). The molecule has 0 amide bonds. The molecule has 1 saturated carbocycles. The molecule has 1 N–H and O–H groups in total. The van der Waals surface area contributed by atoms with E-state index in [1.165, 1.54) is 37.7 Å². The lowest BCUT2D eigenvalue weighted by atomic mass is 9.95. The van der Waals surface area contributed by atoms with E-state index < -0.39 is 0 Å². The van der Waals surface area contributed by atoms with Crippen LogP contribution >= 0.6 is 0 Å². The van der Waals surface area contributed by atoms with Gasteiger partial charge in [0.15, 0.2) is 11.5 Å². The fourth-order valence-electron chi connectivity index (χ4n) is 2.69. The number of para-hydroxylation sites is 1. The molecule has 1 fully saturated rings. The first-order valence-corrected chi connectivity index (χ1v) is 6.54. The van der Waals surface area contributed by atoms with Gasteiger partial charge in [-0.3, -0.25) is 0 Å². The van der Waals surface area contributed by atoms with Crippen LogP contribution in [0.5, 0.6) is 11.5 Å². The zero-order chi connectivity index (χ0) is 11.5. The Hall–Kier alpha value is -1.22. The normalized spacial score (nSPS) is 19.5. The SMILES string of the molecule is c1cc(CNC2CCCCC2)c2c(c1)OCO2. The van der Waals surface area contributed by atoms with E-state index in [2.05, 4.69) is 11.4 Å². The predicted molar refractivity (Wildman–Crippen MR) is 66.3 cm³/mol. The minimum Gasteiger partial charge on any atom is -0.454 e. The highest BCUT2D eigenvalue weighted by Gasteiger charge is 2.18. The lowest BCUT2D eigenvalue weighted by molar-refractivity contribution is 0.173. The molecule has 0 bridgehead atoms. The van der Waals surface area contributed by atoms with E-state index in [0.29, 0.717) is 12.8 Å². The smallest absolute Gasteiger partial charge is 0.231 e. The number of rotatable bonds is 3. The first kappa shape index (κ1) is 10.9. The highest BCUT2D eigenvalue weighted by atomic mass is 16.7. The highest BCUT2D eigenvalue weighted by molar-refractivity contribution is 5.48. The molecule has 0 atom stereocenters. The highest BCUT2D eigenvalue weighted by Crippen LogP contribution is 2.35. The van der Waals surface area contributed by atoms with Crippen molar-refractivity contribution in [2.75, 3.05) is 6.79 Å². The Bertz CT molecular complexity index is 386. The van der Waals surface area contributed by atoms with Gasteiger partial charge in [0.25, 0.3) is 0 Å². The first-order chi connectivity index (χ1) is 8.43. The second-order valence-electron chi connectivity index (χ2n) is 4.87. The van der Waals surface area contributed by atoms with Gasteiger partial charge in [-0.2, -0.15) is 0 Å². The van der Waals surface area contributed by atoms with Gasteiger partial charge in [-0.1, -0.05) is 31.4 Å². The van der Waals surface area contributed by atoms with E-state index in [4.69, 9.17) is 9.47 Å². The van der Waals surface area contributed by atoms with Crippen LogP contribution in [0.25, 0.3) is 0 Å². The average Bonchev–Trinajstić information content (AvgIpc) is 2.86. The Balaban J connectivity index is 1.63. The topological polar surface area (TPSA) is 30.5 Å². The monoisotopic (exact) mass is 233 g/mol. The van der Waals surface area contributed by atoms with Gasteiger partial charge < -0.3 is 14.8 Å². The Morgan fingerprint density at radius 3 is 2.88 bits per heavy atom. The number of benzene rings is 1. The van der Waals surface area contributed by atoms with Crippen molar-refractivity contribution in [2.45, 2.75) is 44.7 Å². The van der Waals surface area contributed by atoms with Crippen molar-refractivity contribution in [1.29, 1.82) is 0 Å². The number of hydrogen-bond acceptors (Lipinski definition) is 3. The van der Waals surface area contributed by atoms with Crippen LogP contribution in [0.15, 0.2) is 18.2 Å². The summed E-state index contributed by atoms with van der Waals surface area (Å²) in [7, 11) is 0. The third kappa shape index (κ3) is 2.39. The summed E-state index contributed by atoms with van der Waals surface area (Å²) in [5.41, 5.74) is 1.21. The molecule has 1 aromatic rings. The molecule has 2 aliphatic rings. The maximum Gasteiger partial charge on any atom is 0.231 e. The van der Waals surface area contributed by atoms with E-state index in [9.17, 15) is 0 Å². The quantitative estimate of drug-likeness (QED) is 0.870. The van der Waals surface area contributed by atoms with Gasteiger partial charge in [0.2, 0.25) is 6.79 Å². The molecule has 0 radical (unpaired) electrons. The molecule has 1 heterocycles. The summed E-state index contributed by atoms with van der Waals surface area (Å²) in [5.74, 6) is 1.81. The second kappa shape index (κ2) is 4.96. The summed E-state index contributed by atoms with van der Waals surface area (Å²) >= 11 is 0. The summed E-state index contributed by atoms with van der Waals surface area (Å²) < 4.78 is 10.9. The molecule has 0 aromatic heterocycles. The molecule has 0 spiro atoms. The van der Waals surface area contributed by atoms with E-state index in [-0.39, 0.29) is 0 Å². The van der Waals surface area contributed by atoms with Crippen molar-refractivity contribution in [2.24, 2.45) is 0 Å². The first-order valence-electron chi connectivity index (χ1n) is 6.54. The van der Waals surface area contributed by atoms with Crippen molar-refractivity contribution in [1.82, 2.24) is 5.32 Å². The summed E-state index contributed by atoms with van der Waals surface area (Å²) in [6.07, 6.45) is 6.75. The molecule has 17 heavy (non-hydrogen) atoms. The minimum atomic E-state index is 0.357. The third-order valence-electron chi connectivity index (χ3n) is 3.66. The molecule has 1 aromatic carbocycles. The van der Waals surface area contributed by atoms with Crippen LogP contribution in [0.3, 0.4) is 0 Å². The maximum atomic E-state index is 5.51. The van der Waals surface area contributed by atoms with Gasteiger partial charge in [-0.15, -0.1) is 0 Å². The second-order valence-corrected chi connectivity index (χ2v) is 4.87. The van der Waals surface area contributed by atoms with Crippen LogP contribution in [-0.2, 0) is 6.54 Å². The number of fused-ring (bicyclic) bond motifs is 1. The Kier molecular flexibility index (Phi) is 3.18. The van der Waals surface area contributed by atoms with Crippen molar-refractivity contribution in [3.8, 4) is 11.5 Å². The molecular formula is C14H19NO2. The lowest BCUT2D eigenvalue weighted by Gasteiger charge is -2.23. The van der Waals surface area contributed by atoms with E-state index in [0.717, 1.165) is 18.0 Å². The van der Waals surface area contributed by atoms with Crippen LogP contribution in [-0.4, -0.2) is 12.8 Å². The molecule has 0 saturated heterocycles. The van der Waals surface area contributed by atoms with E-state index in [1.54, 1.807) is 0 Å². The van der Waals surface area contributed by atoms with Crippen LogP contribution in [0.1, 0.15) is 37.7 Å². The van der Waals surface area contributed by atoms with Crippen LogP contribution < -0.4 is 14.8 Å². The van der Waals surface area contributed by atoms with Gasteiger partial charge in [-0.05, 0) is 18.9 Å². The molecule has 0 unspecified atom stereocenters. The van der Waals surface area contributed by atoms with Crippen LogP contribution in [0.4, 0.5) is 0 Å². The molecule has 3 nitrogen and oxygen atoms in total. The number of ether oxygens (including phenoxy) is 2. The van der Waals surface area contributed by atoms with Crippen molar-refractivity contribution in [3.05, 3.63) is 23.8 Å². The van der Waals surface area contributed by atoms with Gasteiger partial charge in [0.05, 0.1) is 0 Å². The van der Waals surface area contributed by atoms with Gasteiger partial charge in [-0.25, -0.2) is 0 Å². The fraction of sp³-hybridized carbons (Fsp3) is 0.571. The Morgan fingerprint density at radius 2 is 2.00 bits per heavy atom.